The van der Waals surface area contributed by atoms with E-state index in [4.69, 9.17) is 21.8 Å². The second kappa shape index (κ2) is 6.91. The summed E-state index contributed by atoms with van der Waals surface area (Å²) in [6.07, 6.45) is 0.548. The normalized spacial score (nSPS) is 11.2. The third kappa shape index (κ3) is 4.24. The lowest BCUT2D eigenvalue weighted by atomic mass is 10.1. The van der Waals surface area contributed by atoms with Gasteiger partial charge in [-0.15, -0.1) is 0 Å². The lowest BCUT2D eigenvalue weighted by Crippen LogP contribution is -2.36. The maximum absolute atomic E-state index is 13.3. The van der Waals surface area contributed by atoms with Gasteiger partial charge < -0.3 is 15.5 Å². The van der Waals surface area contributed by atoms with Crippen molar-refractivity contribution in [2.24, 2.45) is 0 Å². The Kier molecular flexibility index (Phi) is 5.85. The molecule has 0 aliphatic heterocycles. The van der Waals surface area contributed by atoms with Gasteiger partial charge in [-0.25, -0.2) is 4.39 Å². The number of hydrogen-bond donors (Lipinski definition) is 3. The van der Waals surface area contributed by atoms with Gasteiger partial charge in [-0.05, 0) is 43.1 Å². The van der Waals surface area contributed by atoms with Crippen molar-refractivity contribution in [2.75, 3.05) is 19.8 Å². The number of benzene rings is 1. The molecule has 0 amide bonds. The first-order valence-corrected chi connectivity index (χ1v) is 5.86. The molecule has 1 aromatic rings. The Balaban J connectivity index is 2.55. The van der Waals surface area contributed by atoms with Crippen molar-refractivity contribution < 1.29 is 14.6 Å². The molecule has 0 saturated carbocycles. The minimum Gasteiger partial charge on any atom is -0.395 e. The first-order valence-electron chi connectivity index (χ1n) is 5.48. The highest BCUT2D eigenvalue weighted by molar-refractivity contribution is 6.31. The third-order valence-corrected chi connectivity index (χ3v) is 2.95. The summed E-state index contributed by atoms with van der Waals surface area (Å²) in [6.45, 7) is 1.92. The molecule has 0 aliphatic carbocycles. The second-order valence-electron chi connectivity index (χ2n) is 3.96. The Morgan fingerprint density at radius 2 is 2.00 bits per heavy atom. The second-order valence-corrected chi connectivity index (χ2v) is 4.37. The van der Waals surface area contributed by atoms with Gasteiger partial charge in [0.05, 0.1) is 19.3 Å². The maximum Gasteiger partial charge on any atom is 0.126 e. The summed E-state index contributed by atoms with van der Waals surface area (Å²) < 4.78 is 13.3. The average Bonchev–Trinajstić information content (AvgIpc) is 2.31. The van der Waals surface area contributed by atoms with E-state index in [-0.39, 0.29) is 25.1 Å². The quantitative estimate of drug-likeness (QED) is 0.723. The molecule has 1 aromatic carbocycles. The van der Waals surface area contributed by atoms with E-state index in [9.17, 15) is 4.39 Å². The Bertz CT molecular complexity index is 370. The summed E-state index contributed by atoms with van der Waals surface area (Å²) in [5.41, 5.74) is 1.24. The fraction of sp³-hybridized carbons (Fsp3) is 0.500. The Morgan fingerprint density at radius 1 is 1.35 bits per heavy atom. The number of nitrogens with one attached hydrogen (secondary N) is 1. The van der Waals surface area contributed by atoms with Crippen molar-refractivity contribution in [3.63, 3.8) is 0 Å². The van der Waals surface area contributed by atoms with E-state index in [1.165, 1.54) is 6.07 Å². The van der Waals surface area contributed by atoms with Crippen LogP contribution in [0.25, 0.3) is 0 Å². The summed E-state index contributed by atoms with van der Waals surface area (Å²) in [5.74, 6) is -0.273. The smallest absolute Gasteiger partial charge is 0.126 e. The van der Waals surface area contributed by atoms with Crippen LogP contribution in [0.15, 0.2) is 12.1 Å². The molecule has 3 nitrogen and oxygen atoms in total. The molecule has 0 spiro atoms. The third-order valence-electron chi connectivity index (χ3n) is 2.60. The average molecular weight is 262 g/mol. The first kappa shape index (κ1) is 14.4. The van der Waals surface area contributed by atoms with Crippen molar-refractivity contribution in [1.29, 1.82) is 0 Å². The molecule has 3 N–H and O–H groups in total. The Hall–Kier alpha value is -0.680. The molecule has 1 rings (SSSR count). The van der Waals surface area contributed by atoms with Crippen LogP contribution in [0, 0.1) is 12.7 Å². The molecule has 0 atom stereocenters. The van der Waals surface area contributed by atoms with Crippen LogP contribution in [0.4, 0.5) is 4.39 Å². The maximum atomic E-state index is 13.3. The van der Waals surface area contributed by atoms with Crippen LogP contribution in [-0.2, 0) is 6.42 Å². The van der Waals surface area contributed by atoms with Crippen molar-refractivity contribution in [1.82, 2.24) is 5.32 Å². The molecule has 5 heteroatoms. The SMILES string of the molecule is Cc1cc(Cl)c(CCNC(CO)CO)cc1F. The molecule has 0 bridgehead atoms. The zero-order valence-corrected chi connectivity index (χ0v) is 10.5. The number of halogens is 2. The molecule has 0 heterocycles. The molecular formula is C12H17ClFNO2. The van der Waals surface area contributed by atoms with Crippen LogP contribution in [-0.4, -0.2) is 36.0 Å². The zero-order chi connectivity index (χ0) is 12.8. The predicted octanol–water partition coefficient (Wildman–Crippen LogP) is 1.27. The van der Waals surface area contributed by atoms with Gasteiger partial charge in [-0.1, -0.05) is 11.6 Å². The van der Waals surface area contributed by atoms with Crippen molar-refractivity contribution in [2.45, 2.75) is 19.4 Å². The van der Waals surface area contributed by atoms with E-state index in [1.807, 2.05) is 0 Å². The highest BCUT2D eigenvalue weighted by Gasteiger charge is 2.07. The standard InChI is InChI=1S/C12H17ClFNO2/c1-8-4-11(13)9(5-12(8)14)2-3-15-10(6-16)7-17/h4-5,10,15-17H,2-3,6-7H2,1H3. The summed E-state index contributed by atoms with van der Waals surface area (Å²) in [6, 6.07) is 2.68. The molecule has 17 heavy (non-hydrogen) atoms. The van der Waals surface area contributed by atoms with Crippen LogP contribution >= 0.6 is 11.6 Å². The van der Waals surface area contributed by atoms with Gasteiger partial charge >= 0.3 is 0 Å². The van der Waals surface area contributed by atoms with Crippen LogP contribution in [0.2, 0.25) is 5.02 Å². The van der Waals surface area contributed by atoms with Gasteiger partial charge in [0.2, 0.25) is 0 Å². The number of aliphatic hydroxyl groups is 2. The van der Waals surface area contributed by atoms with Gasteiger partial charge in [0.25, 0.3) is 0 Å². The molecular weight excluding hydrogens is 245 g/mol. The summed E-state index contributed by atoms with van der Waals surface area (Å²) in [5, 5.41) is 21.2. The first-order chi connectivity index (χ1) is 8.08. The van der Waals surface area contributed by atoms with Crippen molar-refractivity contribution in [3.8, 4) is 0 Å². The van der Waals surface area contributed by atoms with Gasteiger partial charge in [0, 0.05) is 5.02 Å². The van der Waals surface area contributed by atoms with E-state index in [2.05, 4.69) is 5.32 Å². The van der Waals surface area contributed by atoms with E-state index < -0.39 is 0 Å². The predicted molar refractivity (Wildman–Crippen MR) is 65.8 cm³/mol. The monoisotopic (exact) mass is 261 g/mol. The molecule has 96 valence electrons. The molecule has 0 unspecified atom stereocenters. The number of hydrogen-bond acceptors (Lipinski definition) is 3. The van der Waals surface area contributed by atoms with E-state index in [0.717, 1.165) is 5.56 Å². The van der Waals surface area contributed by atoms with Gasteiger partial charge in [-0.2, -0.15) is 0 Å². The number of aliphatic hydroxyl groups excluding tert-OH is 2. The minimum atomic E-state index is -0.343. The number of rotatable bonds is 6. The molecule has 0 aromatic heterocycles. The Labute approximate surface area is 105 Å². The van der Waals surface area contributed by atoms with E-state index in [0.29, 0.717) is 23.6 Å². The zero-order valence-electron chi connectivity index (χ0n) is 9.71. The molecule has 0 fully saturated rings. The van der Waals surface area contributed by atoms with Crippen LogP contribution < -0.4 is 5.32 Å². The van der Waals surface area contributed by atoms with Crippen LogP contribution in [0.3, 0.4) is 0 Å². The van der Waals surface area contributed by atoms with Gasteiger partial charge in [0.1, 0.15) is 5.82 Å². The summed E-state index contributed by atoms with van der Waals surface area (Å²) in [7, 11) is 0. The fourth-order valence-corrected chi connectivity index (χ4v) is 1.79. The summed E-state index contributed by atoms with van der Waals surface area (Å²) >= 11 is 5.99. The van der Waals surface area contributed by atoms with E-state index >= 15 is 0 Å². The highest BCUT2D eigenvalue weighted by atomic mass is 35.5. The number of aryl methyl sites for hydroxylation is 1. The molecule has 0 aliphatic rings. The van der Waals surface area contributed by atoms with Crippen molar-refractivity contribution >= 4 is 11.6 Å². The van der Waals surface area contributed by atoms with Gasteiger partial charge in [-0.3, -0.25) is 0 Å². The summed E-state index contributed by atoms with van der Waals surface area (Å²) in [4.78, 5) is 0. The molecule has 0 radical (unpaired) electrons. The van der Waals surface area contributed by atoms with Gasteiger partial charge in [0.15, 0.2) is 0 Å². The van der Waals surface area contributed by atoms with Crippen LogP contribution in [0.1, 0.15) is 11.1 Å². The van der Waals surface area contributed by atoms with Crippen LogP contribution in [0.5, 0.6) is 0 Å². The highest BCUT2D eigenvalue weighted by Crippen LogP contribution is 2.20. The Morgan fingerprint density at radius 3 is 2.59 bits per heavy atom. The lowest BCUT2D eigenvalue weighted by Gasteiger charge is -2.13. The van der Waals surface area contributed by atoms with Crippen molar-refractivity contribution in [3.05, 3.63) is 34.1 Å². The fourth-order valence-electron chi connectivity index (χ4n) is 1.48. The minimum absolute atomic E-state index is 0.132. The van der Waals surface area contributed by atoms with E-state index in [1.54, 1.807) is 13.0 Å². The molecule has 0 saturated heterocycles. The topological polar surface area (TPSA) is 52.5 Å². The largest absolute Gasteiger partial charge is 0.395 e. The lowest BCUT2D eigenvalue weighted by molar-refractivity contribution is 0.171.